The summed E-state index contributed by atoms with van der Waals surface area (Å²) in [5, 5.41) is 13.0. The summed E-state index contributed by atoms with van der Waals surface area (Å²) in [6.07, 6.45) is 1.51. The molecule has 1 saturated heterocycles. The van der Waals surface area contributed by atoms with E-state index in [1.165, 1.54) is 47.7 Å². The highest BCUT2D eigenvalue weighted by atomic mass is 32.1. The molecule has 0 saturated carbocycles. The maximum Gasteiger partial charge on any atom is 0.301 e. The zero-order valence-electron chi connectivity index (χ0n) is 16.1. The molecular weight excluding hydrogens is 407 g/mol. The van der Waals surface area contributed by atoms with E-state index in [0.717, 1.165) is 5.56 Å². The van der Waals surface area contributed by atoms with Crippen LogP contribution < -0.4 is 9.64 Å². The van der Waals surface area contributed by atoms with Gasteiger partial charge in [0.1, 0.15) is 17.3 Å². The third-order valence-corrected chi connectivity index (χ3v) is 5.67. The summed E-state index contributed by atoms with van der Waals surface area (Å²) in [6.45, 7) is 1.80. The molecule has 2 heterocycles. The number of benzene rings is 2. The molecule has 30 heavy (non-hydrogen) atoms. The van der Waals surface area contributed by atoms with E-state index in [9.17, 15) is 19.1 Å². The second-order valence-corrected chi connectivity index (χ2v) is 7.60. The largest absolute Gasteiger partial charge is 0.507 e. The van der Waals surface area contributed by atoms with Crippen molar-refractivity contribution in [3.8, 4) is 5.75 Å². The fraction of sp³-hybridized carbons (Fsp3) is 0.136. The number of aryl methyl sites for hydroxylation is 1. The normalized spacial score (nSPS) is 18.1. The van der Waals surface area contributed by atoms with Crippen molar-refractivity contribution < 1.29 is 23.8 Å². The predicted octanol–water partition coefficient (Wildman–Crippen LogP) is 4.23. The van der Waals surface area contributed by atoms with Crippen LogP contribution in [0.5, 0.6) is 5.75 Å². The molecule has 3 aromatic rings. The molecule has 8 heteroatoms. The van der Waals surface area contributed by atoms with Gasteiger partial charge in [-0.2, -0.15) is 0 Å². The van der Waals surface area contributed by atoms with Crippen LogP contribution in [0.4, 0.5) is 9.52 Å². The van der Waals surface area contributed by atoms with Crippen LogP contribution >= 0.6 is 11.3 Å². The van der Waals surface area contributed by atoms with Crippen molar-refractivity contribution in [2.45, 2.75) is 13.0 Å². The quantitative estimate of drug-likeness (QED) is 0.385. The molecule has 2 aromatic carbocycles. The molecule has 1 atom stereocenters. The molecule has 1 fully saturated rings. The molecule has 1 aliphatic heterocycles. The van der Waals surface area contributed by atoms with Gasteiger partial charge in [0, 0.05) is 17.1 Å². The zero-order chi connectivity index (χ0) is 21.4. The Morgan fingerprint density at radius 1 is 1.23 bits per heavy atom. The van der Waals surface area contributed by atoms with E-state index in [1.807, 2.05) is 0 Å². The number of ketones is 1. The molecular formula is C22H17FN2O4S. The van der Waals surface area contributed by atoms with Crippen LogP contribution in [0, 0.1) is 12.7 Å². The number of nitrogens with zero attached hydrogens (tertiary/aromatic N) is 2. The van der Waals surface area contributed by atoms with Crippen molar-refractivity contribution in [3.63, 3.8) is 0 Å². The molecule has 152 valence electrons. The number of amides is 1. The summed E-state index contributed by atoms with van der Waals surface area (Å²) in [5.74, 6) is -1.92. The maximum absolute atomic E-state index is 14.0. The Morgan fingerprint density at radius 3 is 2.67 bits per heavy atom. The smallest absolute Gasteiger partial charge is 0.301 e. The lowest BCUT2D eigenvalue weighted by atomic mass is 9.95. The highest BCUT2D eigenvalue weighted by molar-refractivity contribution is 7.14. The number of carbonyl (C=O) groups is 2. The van der Waals surface area contributed by atoms with Gasteiger partial charge < -0.3 is 9.84 Å². The summed E-state index contributed by atoms with van der Waals surface area (Å²) in [6, 6.07) is 9.52. The predicted molar refractivity (Wildman–Crippen MR) is 111 cm³/mol. The van der Waals surface area contributed by atoms with E-state index in [-0.39, 0.29) is 16.5 Å². The first-order valence-electron chi connectivity index (χ1n) is 9.03. The topological polar surface area (TPSA) is 79.7 Å². The molecule has 4 rings (SSSR count). The Bertz CT molecular complexity index is 1170. The number of thiazole rings is 1. The number of halogens is 1. The van der Waals surface area contributed by atoms with Crippen LogP contribution in [-0.4, -0.2) is 28.9 Å². The van der Waals surface area contributed by atoms with Crippen LogP contribution in [0.3, 0.4) is 0 Å². The van der Waals surface area contributed by atoms with Crippen molar-refractivity contribution in [3.05, 3.63) is 82.1 Å². The molecule has 1 aromatic heterocycles. The molecule has 1 aliphatic rings. The van der Waals surface area contributed by atoms with Gasteiger partial charge in [-0.15, -0.1) is 11.3 Å². The number of anilines is 1. The summed E-state index contributed by atoms with van der Waals surface area (Å²) in [5.41, 5.74) is 1.34. The molecule has 1 amide bonds. The standard InChI is InChI=1S/C22H17FN2O4S/c1-12-10-14(6-7-16(12)29-2)19(26)17-18(13-4-3-5-15(23)11-13)25(21(28)20(17)27)22-24-8-9-30-22/h3-11,18,26H,1-2H3/b19-17+/t18-/m0/s1. The Kier molecular flexibility index (Phi) is 5.09. The zero-order valence-corrected chi connectivity index (χ0v) is 16.9. The third kappa shape index (κ3) is 3.25. The minimum Gasteiger partial charge on any atom is -0.507 e. The summed E-state index contributed by atoms with van der Waals surface area (Å²) >= 11 is 1.17. The number of hydrogen-bond donors (Lipinski definition) is 1. The fourth-order valence-corrected chi connectivity index (χ4v) is 4.21. The minimum atomic E-state index is -1.01. The van der Waals surface area contributed by atoms with Gasteiger partial charge in [-0.1, -0.05) is 12.1 Å². The number of aliphatic hydroxyl groups excluding tert-OH is 1. The highest BCUT2D eigenvalue weighted by Crippen LogP contribution is 2.43. The summed E-state index contributed by atoms with van der Waals surface area (Å²) in [4.78, 5) is 31.2. The maximum atomic E-state index is 14.0. The molecule has 1 N–H and O–H groups in total. The molecule has 0 aliphatic carbocycles. The van der Waals surface area contributed by atoms with Gasteiger partial charge in [0.25, 0.3) is 5.78 Å². The first-order chi connectivity index (χ1) is 14.4. The molecule has 0 radical (unpaired) electrons. The lowest BCUT2D eigenvalue weighted by molar-refractivity contribution is -0.132. The lowest BCUT2D eigenvalue weighted by Gasteiger charge is -2.23. The number of ether oxygens (including phenoxy) is 1. The van der Waals surface area contributed by atoms with Crippen molar-refractivity contribution in [1.29, 1.82) is 0 Å². The van der Waals surface area contributed by atoms with Gasteiger partial charge in [0.2, 0.25) is 0 Å². The van der Waals surface area contributed by atoms with Gasteiger partial charge in [0.05, 0.1) is 18.7 Å². The molecule has 0 bridgehead atoms. The lowest BCUT2D eigenvalue weighted by Crippen LogP contribution is -2.29. The van der Waals surface area contributed by atoms with Crippen LogP contribution in [0.2, 0.25) is 0 Å². The van der Waals surface area contributed by atoms with Crippen molar-refractivity contribution in [1.82, 2.24) is 4.98 Å². The van der Waals surface area contributed by atoms with E-state index < -0.39 is 23.5 Å². The molecule has 0 unspecified atom stereocenters. The second-order valence-electron chi connectivity index (χ2n) is 6.72. The van der Waals surface area contributed by atoms with Crippen LogP contribution in [0.15, 0.2) is 59.6 Å². The first kappa shape index (κ1) is 19.8. The number of aromatic nitrogens is 1. The van der Waals surface area contributed by atoms with E-state index in [4.69, 9.17) is 4.74 Å². The minimum absolute atomic E-state index is 0.120. The fourth-order valence-electron chi connectivity index (χ4n) is 3.54. The monoisotopic (exact) mass is 424 g/mol. The third-order valence-electron chi connectivity index (χ3n) is 4.90. The number of Topliss-reactive ketones (excluding diaryl/α,β-unsaturated/α-hetero) is 1. The van der Waals surface area contributed by atoms with Gasteiger partial charge in [0.15, 0.2) is 5.13 Å². The van der Waals surface area contributed by atoms with Crippen molar-refractivity contribution in [2.24, 2.45) is 0 Å². The van der Waals surface area contributed by atoms with Crippen molar-refractivity contribution in [2.75, 3.05) is 12.0 Å². The van der Waals surface area contributed by atoms with Crippen molar-refractivity contribution >= 4 is 33.9 Å². The van der Waals surface area contributed by atoms with E-state index in [2.05, 4.69) is 4.98 Å². The number of aliphatic hydroxyl groups is 1. The number of hydrogen-bond acceptors (Lipinski definition) is 6. The average molecular weight is 424 g/mol. The number of carbonyl (C=O) groups excluding carboxylic acids is 2. The van der Waals surface area contributed by atoms with E-state index >= 15 is 0 Å². The Hall–Kier alpha value is -3.52. The van der Waals surface area contributed by atoms with Crippen LogP contribution in [0.1, 0.15) is 22.7 Å². The Balaban J connectivity index is 1.94. The van der Waals surface area contributed by atoms with Gasteiger partial charge in [-0.3, -0.25) is 14.5 Å². The van der Waals surface area contributed by atoms with Gasteiger partial charge >= 0.3 is 5.91 Å². The summed E-state index contributed by atoms with van der Waals surface area (Å²) < 4.78 is 19.2. The Labute approximate surface area is 175 Å². The summed E-state index contributed by atoms with van der Waals surface area (Å²) in [7, 11) is 1.53. The van der Waals surface area contributed by atoms with Crippen LogP contribution in [-0.2, 0) is 9.59 Å². The molecule has 0 spiro atoms. The number of methoxy groups -OCH3 is 1. The first-order valence-corrected chi connectivity index (χ1v) is 9.91. The van der Waals surface area contributed by atoms with Gasteiger partial charge in [-0.25, -0.2) is 9.37 Å². The van der Waals surface area contributed by atoms with Crippen LogP contribution in [0.25, 0.3) is 5.76 Å². The number of rotatable bonds is 4. The average Bonchev–Trinajstić information content (AvgIpc) is 3.34. The second kappa shape index (κ2) is 7.72. The van der Waals surface area contributed by atoms with E-state index in [0.29, 0.717) is 16.9 Å². The highest BCUT2D eigenvalue weighted by Gasteiger charge is 2.48. The molecule has 6 nitrogen and oxygen atoms in total. The Morgan fingerprint density at radius 2 is 2.03 bits per heavy atom. The van der Waals surface area contributed by atoms with Gasteiger partial charge in [-0.05, 0) is 48.4 Å². The SMILES string of the molecule is COc1ccc(/C(O)=C2\C(=O)C(=O)N(c3nccs3)[C@H]2c2cccc(F)c2)cc1C. The van der Waals surface area contributed by atoms with E-state index in [1.54, 1.807) is 36.6 Å².